The maximum Gasteiger partial charge on any atom is 0.0802 e. The zero-order valence-electron chi connectivity index (χ0n) is 13.3. The molecule has 1 aromatic carbocycles. The normalized spacial score (nSPS) is 14.5. The third-order valence-electron chi connectivity index (χ3n) is 3.95. The molecule has 0 bridgehead atoms. The Hall–Kier alpha value is -0.900. The summed E-state index contributed by atoms with van der Waals surface area (Å²) in [5.74, 6) is 0. The van der Waals surface area contributed by atoms with E-state index < -0.39 is 0 Å². The van der Waals surface area contributed by atoms with E-state index in [2.05, 4.69) is 37.8 Å². The van der Waals surface area contributed by atoms with Gasteiger partial charge in [0.2, 0.25) is 0 Å². The summed E-state index contributed by atoms with van der Waals surface area (Å²) in [6, 6.07) is 8.66. The summed E-state index contributed by atoms with van der Waals surface area (Å²) in [5, 5.41) is 10.3. The van der Waals surface area contributed by atoms with Gasteiger partial charge in [0.15, 0.2) is 0 Å². The number of hydrogen-bond donors (Lipinski definition) is 1. The molecule has 20 heavy (non-hydrogen) atoms. The van der Waals surface area contributed by atoms with Crippen molar-refractivity contribution in [3.63, 3.8) is 0 Å². The van der Waals surface area contributed by atoms with Crippen molar-refractivity contribution in [1.29, 1.82) is 0 Å². The van der Waals surface area contributed by atoms with Gasteiger partial charge in [0.05, 0.1) is 12.7 Å². The molecular formula is C17H29NO2. The van der Waals surface area contributed by atoms with Crippen molar-refractivity contribution in [1.82, 2.24) is 4.90 Å². The first-order valence-electron chi connectivity index (χ1n) is 7.56. The van der Waals surface area contributed by atoms with E-state index in [4.69, 9.17) is 4.74 Å². The Bertz CT molecular complexity index is 364. The Kier molecular flexibility index (Phi) is 7.82. The molecule has 3 nitrogen and oxygen atoms in total. The predicted octanol–water partition coefficient (Wildman–Crippen LogP) is 3.17. The third kappa shape index (κ3) is 5.61. The van der Waals surface area contributed by atoms with Crippen LogP contribution < -0.4 is 0 Å². The van der Waals surface area contributed by atoms with Gasteiger partial charge in [-0.25, -0.2) is 0 Å². The quantitative estimate of drug-likeness (QED) is 0.753. The number of benzene rings is 1. The van der Waals surface area contributed by atoms with Crippen LogP contribution in [0.4, 0.5) is 0 Å². The maximum absolute atomic E-state index is 10.3. The zero-order valence-corrected chi connectivity index (χ0v) is 13.3. The minimum Gasteiger partial charge on any atom is -0.388 e. The summed E-state index contributed by atoms with van der Waals surface area (Å²) in [7, 11) is 1.73. The van der Waals surface area contributed by atoms with Gasteiger partial charge in [-0.3, -0.25) is 4.90 Å². The molecule has 0 fully saturated rings. The molecule has 0 aliphatic rings. The molecule has 114 valence electrons. The van der Waals surface area contributed by atoms with Crippen LogP contribution in [-0.2, 0) is 4.74 Å². The largest absolute Gasteiger partial charge is 0.388 e. The number of hydrogen-bond acceptors (Lipinski definition) is 3. The molecule has 0 aliphatic heterocycles. The topological polar surface area (TPSA) is 32.7 Å². The highest BCUT2D eigenvalue weighted by molar-refractivity contribution is 5.23. The number of aliphatic hydroxyl groups excluding tert-OH is 1. The number of methoxy groups -OCH3 is 1. The van der Waals surface area contributed by atoms with Crippen LogP contribution in [0.3, 0.4) is 0 Å². The molecule has 1 rings (SSSR count). The van der Waals surface area contributed by atoms with E-state index in [9.17, 15) is 5.11 Å². The average molecular weight is 279 g/mol. The van der Waals surface area contributed by atoms with E-state index in [1.54, 1.807) is 7.11 Å². The molecule has 1 aromatic rings. The van der Waals surface area contributed by atoms with Crippen molar-refractivity contribution < 1.29 is 9.84 Å². The van der Waals surface area contributed by atoms with Crippen molar-refractivity contribution in [2.24, 2.45) is 0 Å². The second kappa shape index (κ2) is 9.11. The van der Waals surface area contributed by atoms with Gasteiger partial charge >= 0.3 is 0 Å². The highest BCUT2D eigenvalue weighted by atomic mass is 16.5. The number of ether oxygens (including phenoxy) is 1. The fraction of sp³-hybridized carbons (Fsp3) is 0.647. The Balaban J connectivity index is 2.50. The molecule has 0 saturated heterocycles. The van der Waals surface area contributed by atoms with Gasteiger partial charge in [-0.2, -0.15) is 0 Å². The number of aryl methyl sites for hydroxylation is 1. The average Bonchev–Trinajstić information content (AvgIpc) is 2.47. The van der Waals surface area contributed by atoms with Crippen LogP contribution in [0.2, 0.25) is 0 Å². The highest BCUT2D eigenvalue weighted by Gasteiger charge is 2.14. The molecule has 0 aromatic heterocycles. The van der Waals surface area contributed by atoms with E-state index in [0.29, 0.717) is 6.04 Å². The van der Waals surface area contributed by atoms with Crippen LogP contribution in [-0.4, -0.2) is 42.9 Å². The van der Waals surface area contributed by atoms with Gasteiger partial charge in [-0.15, -0.1) is 0 Å². The van der Waals surface area contributed by atoms with Crippen molar-refractivity contribution in [2.75, 3.05) is 26.8 Å². The predicted molar refractivity (Wildman–Crippen MR) is 84.0 cm³/mol. The molecule has 2 atom stereocenters. The first kappa shape index (κ1) is 17.2. The summed E-state index contributed by atoms with van der Waals surface area (Å²) < 4.78 is 5.17. The first-order chi connectivity index (χ1) is 9.58. The molecule has 1 N–H and O–H groups in total. The van der Waals surface area contributed by atoms with Gasteiger partial charge in [-0.1, -0.05) is 36.8 Å². The second-order valence-electron chi connectivity index (χ2n) is 5.50. The Morgan fingerprint density at radius 2 is 1.85 bits per heavy atom. The SMILES string of the molecule is CCC(C)N(CCOC)CCC(O)c1ccc(C)cc1. The van der Waals surface area contributed by atoms with Crippen LogP contribution in [0.1, 0.15) is 43.9 Å². The Morgan fingerprint density at radius 3 is 2.40 bits per heavy atom. The number of nitrogens with zero attached hydrogens (tertiary/aromatic N) is 1. The minimum absolute atomic E-state index is 0.385. The van der Waals surface area contributed by atoms with E-state index in [0.717, 1.165) is 38.1 Å². The van der Waals surface area contributed by atoms with Crippen LogP contribution in [0.5, 0.6) is 0 Å². The highest BCUT2D eigenvalue weighted by Crippen LogP contribution is 2.18. The van der Waals surface area contributed by atoms with Crippen molar-refractivity contribution >= 4 is 0 Å². The monoisotopic (exact) mass is 279 g/mol. The Morgan fingerprint density at radius 1 is 1.20 bits per heavy atom. The van der Waals surface area contributed by atoms with Crippen LogP contribution >= 0.6 is 0 Å². The summed E-state index contributed by atoms with van der Waals surface area (Å²) in [6.07, 6.45) is 1.49. The Labute approximate surface area is 123 Å². The summed E-state index contributed by atoms with van der Waals surface area (Å²) in [6.45, 7) is 9.05. The lowest BCUT2D eigenvalue weighted by atomic mass is 10.0. The molecule has 3 heteroatoms. The summed E-state index contributed by atoms with van der Waals surface area (Å²) in [4.78, 5) is 2.39. The molecule has 0 aliphatic carbocycles. The molecule has 0 radical (unpaired) electrons. The summed E-state index contributed by atoms with van der Waals surface area (Å²) >= 11 is 0. The fourth-order valence-corrected chi connectivity index (χ4v) is 2.26. The maximum atomic E-state index is 10.3. The van der Waals surface area contributed by atoms with E-state index in [1.807, 2.05) is 12.1 Å². The molecule has 0 amide bonds. The molecule has 2 unspecified atom stereocenters. The van der Waals surface area contributed by atoms with Gasteiger partial charge < -0.3 is 9.84 Å². The molecule has 0 heterocycles. The van der Waals surface area contributed by atoms with Crippen LogP contribution in [0.15, 0.2) is 24.3 Å². The molecule has 0 saturated carbocycles. The fourth-order valence-electron chi connectivity index (χ4n) is 2.26. The van der Waals surface area contributed by atoms with Crippen molar-refractivity contribution in [2.45, 2.75) is 45.8 Å². The smallest absolute Gasteiger partial charge is 0.0802 e. The number of rotatable bonds is 9. The van der Waals surface area contributed by atoms with E-state index in [1.165, 1.54) is 5.56 Å². The number of aliphatic hydroxyl groups is 1. The summed E-state index contributed by atoms with van der Waals surface area (Å²) in [5.41, 5.74) is 2.23. The van der Waals surface area contributed by atoms with E-state index in [-0.39, 0.29) is 6.10 Å². The van der Waals surface area contributed by atoms with Gasteiger partial charge in [0.1, 0.15) is 0 Å². The molecule has 0 spiro atoms. The second-order valence-corrected chi connectivity index (χ2v) is 5.50. The van der Waals surface area contributed by atoms with Gasteiger partial charge in [-0.05, 0) is 32.3 Å². The van der Waals surface area contributed by atoms with Gasteiger partial charge in [0.25, 0.3) is 0 Å². The van der Waals surface area contributed by atoms with Crippen molar-refractivity contribution in [3.05, 3.63) is 35.4 Å². The van der Waals surface area contributed by atoms with Crippen LogP contribution in [0.25, 0.3) is 0 Å². The lowest BCUT2D eigenvalue weighted by Gasteiger charge is -2.29. The van der Waals surface area contributed by atoms with Gasteiger partial charge in [0, 0.05) is 26.2 Å². The van der Waals surface area contributed by atoms with Crippen LogP contribution in [0, 0.1) is 6.92 Å². The standard InChI is InChI=1S/C17H29NO2/c1-5-15(3)18(12-13-20-4)11-10-17(19)16-8-6-14(2)7-9-16/h6-9,15,17,19H,5,10-13H2,1-4H3. The lowest BCUT2D eigenvalue weighted by Crippen LogP contribution is -2.36. The first-order valence-corrected chi connectivity index (χ1v) is 7.56. The van der Waals surface area contributed by atoms with E-state index >= 15 is 0 Å². The lowest BCUT2D eigenvalue weighted by molar-refractivity contribution is 0.0966. The molecular weight excluding hydrogens is 250 g/mol. The minimum atomic E-state index is -0.385. The zero-order chi connectivity index (χ0) is 15.0. The third-order valence-corrected chi connectivity index (χ3v) is 3.95. The van der Waals surface area contributed by atoms with Crippen molar-refractivity contribution in [3.8, 4) is 0 Å².